The largest absolute Gasteiger partial charge is 0.391 e. The fraction of sp³-hybridized carbons (Fsp3) is 0.708. The summed E-state index contributed by atoms with van der Waals surface area (Å²) in [4.78, 5) is 28.4. The molecule has 2 fully saturated rings. The summed E-state index contributed by atoms with van der Waals surface area (Å²) in [5.74, 6) is -0.0745. The summed E-state index contributed by atoms with van der Waals surface area (Å²) in [6.45, 7) is 12.5. The number of aliphatic hydroxyl groups is 1. The minimum atomic E-state index is -0.748. The molecule has 0 bridgehead atoms. The second kappa shape index (κ2) is 8.79. The molecule has 186 valence electrons. The number of carbonyl (C=O) groups excluding carboxylic acids is 2. The molecule has 10 nitrogen and oxygen atoms in total. The van der Waals surface area contributed by atoms with Crippen molar-refractivity contribution in [3.63, 3.8) is 0 Å². The number of nitrogens with zero attached hydrogens (tertiary/aromatic N) is 6. The minimum Gasteiger partial charge on any atom is -0.391 e. The second-order valence-electron chi connectivity index (χ2n) is 11.7. The first-order valence-electron chi connectivity index (χ1n) is 12.1. The summed E-state index contributed by atoms with van der Waals surface area (Å²) >= 11 is 0. The Kier molecular flexibility index (Phi) is 6.30. The quantitative estimate of drug-likeness (QED) is 0.665. The molecule has 2 aromatic rings. The smallest absolute Gasteiger partial charge is 0.248 e. The first-order valence-corrected chi connectivity index (χ1v) is 12.1. The van der Waals surface area contributed by atoms with E-state index < -0.39 is 23.6 Å². The van der Waals surface area contributed by atoms with Crippen molar-refractivity contribution >= 4 is 11.8 Å². The van der Waals surface area contributed by atoms with E-state index >= 15 is 0 Å². The summed E-state index contributed by atoms with van der Waals surface area (Å²) in [6, 6.07) is -1.37. The molecule has 1 saturated heterocycles. The Hall–Kier alpha value is -2.75. The first-order chi connectivity index (χ1) is 15.8. The molecule has 2 aliphatic rings. The maximum Gasteiger partial charge on any atom is 0.248 e. The third-order valence-electron chi connectivity index (χ3n) is 6.50. The number of nitrogens with one attached hydrogen (secondary N) is 1. The summed E-state index contributed by atoms with van der Waals surface area (Å²) in [5.41, 5.74) is 1.18. The molecule has 4 rings (SSSR count). The van der Waals surface area contributed by atoms with Crippen LogP contribution in [0.3, 0.4) is 0 Å². The lowest BCUT2D eigenvalue weighted by Crippen LogP contribution is -2.50. The number of hydrogen-bond acceptors (Lipinski definition) is 6. The third kappa shape index (κ3) is 5.16. The first kappa shape index (κ1) is 24.4. The van der Waals surface area contributed by atoms with Gasteiger partial charge in [-0.15, -0.1) is 5.10 Å². The van der Waals surface area contributed by atoms with Crippen LogP contribution in [0.25, 0.3) is 0 Å². The van der Waals surface area contributed by atoms with E-state index in [0.29, 0.717) is 12.5 Å². The lowest BCUT2D eigenvalue weighted by molar-refractivity contribution is -0.144. The second-order valence-corrected chi connectivity index (χ2v) is 11.7. The van der Waals surface area contributed by atoms with Gasteiger partial charge in [0.2, 0.25) is 11.8 Å². The molecule has 2 N–H and O–H groups in total. The highest BCUT2D eigenvalue weighted by atomic mass is 16.3. The van der Waals surface area contributed by atoms with E-state index in [9.17, 15) is 14.7 Å². The van der Waals surface area contributed by atoms with Crippen molar-refractivity contribution in [3.05, 3.63) is 29.8 Å². The van der Waals surface area contributed by atoms with Gasteiger partial charge < -0.3 is 15.3 Å². The number of hydrogen-bond donors (Lipinski definition) is 2. The van der Waals surface area contributed by atoms with Gasteiger partial charge in [0.1, 0.15) is 12.1 Å². The van der Waals surface area contributed by atoms with Crippen LogP contribution in [0.15, 0.2) is 18.6 Å². The lowest BCUT2D eigenvalue weighted by atomic mass is 9.85. The molecule has 1 aliphatic carbocycles. The molecule has 3 atom stereocenters. The van der Waals surface area contributed by atoms with Crippen molar-refractivity contribution in [2.45, 2.75) is 97.0 Å². The van der Waals surface area contributed by atoms with Crippen LogP contribution in [-0.4, -0.2) is 65.3 Å². The molecule has 10 heteroatoms. The van der Waals surface area contributed by atoms with Gasteiger partial charge in [0.15, 0.2) is 0 Å². The maximum absolute atomic E-state index is 13.8. The predicted octanol–water partition coefficient (Wildman–Crippen LogP) is 1.97. The number of β-amino-alcohol motifs (C(OH)–C–C–N with tert-alkyl or cyclic N) is 1. The van der Waals surface area contributed by atoms with Gasteiger partial charge in [0.05, 0.1) is 23.5 Å². The van der Waals surface area contributed by atoms with Crippen LogP contribution in [0.2, 0.25) is 0 Å². The normalized spacial score (nSPS) is 22.1. The Bertz CT molecular complexity index is 1040. The van der Waals surface area contributed by atoms with Crippen LogP contribution in [0.4, 0.5) is 0 Å². The van der Waals surface area contributed by atoms with Crippen LogP contribution in [-0.2, 0) is 21.7 Å². The van der Waals surface area contributed by atoms with Crippen molar-refractivity contribution in [1.29, 1.82) is 0 Å². The monoisotopic (exact) mass is 471 g/mol. The number of amides is 2. The van der Waals surface area contributed by atoms with Crippen molar-refractivity contribution in [2.75, 3.05) is 6.54 Å². The third-order valence-corrected chi connectivity index (χ3v) is 6.50. The Morgan fingerprint density at radius 1 is 1.18 bits per heavy atom. The van der Waals surface area contributed by atoms with E-state index in [0.717, 1.165) is 24.1 Å². The number of likely N-dealkylation sites (tertiary alicyclic amines) is 1. The molecule has 2 unspecified atom stereocenters. The van der Waals surface area contributed by atoms with E-state index in [1.54, 1.807) is 10.9 Å². The highest BCUT2D eigenvalue weighted by Crippen LogP contribution is 2.40. The average Bonchev–Trinajstić information content (AvgIpc) is 3.13. The zero-order valence-corrected chi connectivity index (χ0v) is 21.0. The van der Waals surface area contributed by atoms with Crippen LogP contribution >= 0.6 is 0 Å². The molecule has 34 heavy (non-hydrogen) atoms. The zero-order chi connectivity index (χ0) is 24.8. The van der Waals surface area contributed by atoms with Gasteiger partial charge in [0, 0.05) is 43.4 Å². The van der Waals surface area contributed by atoms with Gasteiger partial charge in [-0.1, -0.05) is 26.0 Å². The Morgan fingerprint density at radius 2 is 1.88 bits per heavy atom. The Balaban J connectivity index is 1.48. The van der Waals surface area contributed by atoms with E-state index in [4.69, 9.17) is 0 Å². The van der Waals surface area contributed by atoms with Crippen LogP contribution in [0.1, 0.15) is 84.0 Å². The number of aliphatic hydroxyl groups excluding tert-OH is 1. The minimum absolute atomic E-state index is 0.121. The Labute approximate surface area is 200 Å². The molecular weight excluding hydrogens is 434 g/mol. The molecular formula is C24H37N7O3. The van der Waals surface area contributed by atoms with Gasteiger partial charge in [-0.3, -0.25) is 14.3 Å². The maximum atomic E-state index is 13.8. The summed E-state index contributed by atoms with van der Waals surface area (Å²) in [7, 11) is 0. The van der Waals surface area contributed by atoms with Gasteiger partial charge in [-0.05, 0) is 39.0 Å². The molecule has 1 saturated carbocycles. The van der Waals surface area contributed by atoms with Crippen molar-refractivity contribution in [3.8, 4) is 0 Å². The zero-order valence-electron chi connectivity index (χ0n) is 21.0. The molecule has 2 amide bonds. The van der Waals surface area contributed by atoms with Crippen molar-refractivity contribution in [1.82, 2.24) is 35.0 Å². The van der Waals surface area contributed by atoms with Gasteiger partial charge in [-0.2, -0.15) is 5.10 Å². The molecule has 3 heterocycles. The molecule has 0 aromatic carbocycles. The summed E-state index contributed by atoms with van der Waals surface area (Å²) in [5, 5.41) is 26.2. The average molecular weight is 472 g/mol. The summed E-state index contributed by atoms with van der Waals surface area (Å²) in [6.07, 6.45) is 7.16. The number of carbonyl (C=O) groups is 2. The highest BCUT2D eigenvalue weighted by Gasteiger charge is 2.45. The fourth-order valence-corrected chi connectivity index (χ4v) is 4.45. The number of aromatic nitrogens is 5. The Morgan fingerprint density at radius 3 is 2.47 bits per heavy atom. The fourth-order valence-electron chi connectivity index (χ4n) is 4.45. The van der Waals surface area contributed by atoms with Crippen molar-refractivity contribution in [2.24, 2.45) is 5.41 Å². The van der Waals surface area contributed by atoms with E-state index in [-0.39, 0.29) is 30.3 Å². The predicted molar refractivity (Wildman–Crippen MR) is 126 cm³/mol. The molecule has 1 aliphatic heterocycles. The standard InChI is InChI=1S/C24H37N7O3/c1-23(2,3)20(30-14-18(27-28-30)16-7-8-16)22(34)29-13-17(32)9-19(29)21(33)25-10-15-11-26-31(12-15)24(4,5)6/h11-12,14,16-17,19-20,32H,7-10,13H2,1-6H3,(H,25,33)/t17?,19?,20-/m1/s1. The van der Waals surface area contributed by atoms with Gasteiger partial charge in [-0.25, -0.2) is 4.68 Å². The van der Waals surface area contributed by atoms with Crippen LogP contribution in [0, 0.1) is 5.41 Å². The van der Waals surface area contributed by atoms with Gasteiger partial charge in [0.25, 0.3) is 0 Å². The van der Waals surface area contributed by atoms with E-state index in [1.165, 1.54) is 4.90 Å². The van der Waals surface area contributed by atoms with E-state index in [1.807, 2.05) is 37.8 Å². The molecule has 0 spiro atoms. The molecule has 0 radical (unpaired) electrons. The van der Waals surface area contributed by atoms with Crippen molar-refractivity contribution < 1.29 is 14.7 Å². The number of rotatable bonds is 6. The van der Waals surface area contributed by atoms with Crippen LogP contribution in [0.5, 0.6) is 0 Å². The van der Waals surface area contributed by atoms with Gasteiger partial charge >= 0.3 is 0 Å². The SMILES string of the molecule is CC(C)(C)[C@@H](C(=O)N1CC(O)CC1C(=O)NCc1cnn(C(C)(C)C)c1)n1cc(C2CC2)nn1. The van der Waals surface area contributed by atoms with Crippen LogP contribution < -0.4 is 5.32 Å². The highest BCUT2D eigenvalue weighted by molar-refractivity contribution is 5.90. The van der Waals surface area contributed by atoms with E-state index in [2.05, 4.69) is 41.5 Å². The lowest BCUT2D eigenvalue weighted by Gasteiger charge is -2.34. The summed E-state index contributed by atoms with van der Waals surface area (Å²) < 4.78 is 3.49. The molecule has 2 aromatic heterocycles. The topological polar surface area (TPSA) is 118 Å².